The van der Waals surface area contributed by atoms with Crippen molar-refractivity contribution >= 4 is 17.3 Å². The number of nitrogens with two attached hydrogens (primary N) is 1. The molecule has 4 heteroatoms. The van der Waals surface area contributed by atoms with Gasteiger partial charge in [0.05, 0.1) is 11.8 Å². The Morgan fingerprint density at radius 3 is 2.76 bits per heavy atom. The summed E-state index contributed by atoms with van der Waals surface area (Å²) in [5.74, 6) is 0.568. The highest BCUT2D eigenvalue weighted by molar-refractivity contribution is 5.90. The van der Waals surface area contributed by atoms with Crippen LogP contribution in [0.4, 0.5) is 11.4 Å². The monoisotopic (exact) mass is 234 g/mol. The molecule has 3 N–H and O–H groups in total. The predicted molar refractivity (Wildman–Crippen MR) is 68.0 cm³/mol. The topological polar surface area (TPSA) is 64.4 Å². The molecular formula is C13H18N2O2. The Balaban J connectivity index is 2.16. The molecule has 1 saturated carbocycles. The number of benzene rings is 1. The van der Waals surface area contributed by atoms with E-state index in [1.165, 1.54) is 19.8 Å². The minimum atomic E-state index is -0.106. The van der Waals surface area contributed by atoms with Gasteiger partial charge < -0.3 is 15.8 Å². The molecule has 1 aromatic rings. The first-order chi connectivity index (χ1) is 8.15. The van der Waals surface area contributed by atoms with Crippen LogP contribution in [0.5, 0.6) is 5.75 Å². The zero-order chi connectivity index (χ0) is 12.3. The molecule has 17 heavy (non-hydrogen) atoms. The fourth-order valence-corrected chi connectivity index (χ4v) is 2.12. The standard InChI is InChI=1S/C13H18N2O2/c1-9(16)15-12-7-6-10(14)8-13(12)17-11-4-2-3-5-11/h6-8,11H,2-5,14H2,1H3,(H,15,16). The number of anilines is 2. The predicted octanol–water partition coefficient (Wildman–Crippen LogP) is 2.55. The van der Waals surface area contributed by atoms with Crippen LogP contribution in [-0.2, 0) is 4.79 Å². The van der Waals surface area contributed by atoms with E-state index < -0.39 is 0 Å². The normalized spacial score (nSPS) is 15.8. The van der Waals surface area contributed by atoms with Crippen molar-refractivity contribution in [3.63, 3.8) is 0 Å². The lowest BCUT2D eigenvalue weighted by atomic mass is 10.2. The molecule has 2 rings (SSSR count). The number of rotatable bonds is 3. The molecule has 0 saturated heterocycles. The Bertz CT molecular complexity index is 412. The molecule has 1 aliphatic carbocycles. The van der Waals surface area contributed by atoms with Gasteiger partial charge in [0.15, 0.2) is 0 Å². The Hall–Kier alpha value is -1.71. The van der Waals surface area contributed by atoms with Crippen LogP contribution in [0.1, 0.15) is 32.6 Å². The Morgan fingerprint density at radius 2 is 2.12 bits per heavy atom. The van der Waals surface area contributed by atoms with Gasteiger partial charge in [-0.2, -0.15) is 0 Å². The van der Waals surface area contributed by atoms with Crippen molar-refractivity contribution in [2.45, 2.75) is 38.7 Å². The minimum absolute atomic E-state index is 0.106. The summed E-state index contributed by atoms with van der Waals surface area (Å²) in [4.78, 5) is 11.1. The SMILES string of the molecule is CC(=O)Nc1ccc(N)cc1OC1CCCC1. The summed E-state index contributed by atoms with van der Waals surface area (Å²) < 4.78 is 5.89. The molecule has 0 unspecified atom stereocenters. The maximum atomic E-state index is 11.1. The molecular weight excluding hydrogens is 216 g/mol. The van der Waals surface area contributed by atoms with Crippen LogP contribution < -0.4 is 15.8 Å². The van der Waals surface area contributed by atoms with Crippen molar-refractivity contribution in [2.75, 3.05) is 11.1 Å². The quantitative estimate of drug-likeness (QED) is 0.790. The van der Waals surface area contributed by atoms with Gasteiger partial charge in [0.25, 0.3) is 0 Å². The first-order valence-electron chi connectivity index (χ1n) is 5.99. The lowest BCUT2D eigenvalue weighted by Gasteiger charge is -2.17. The third-order valence-corrected chi connectivity index (χ3v) is 2.91. The average Bonchev–Trinajstić information content (AvgIpc) is 2.74. The number of carbonyl (C=O) groups is 1. The molecule has 0 bridgehead atoms. The van der Waals surface area contributed by atoms with Gasteiger partial charge in [-0.05, 0) is 37.8 Å². The van der Waals surface area contributed by atoms with Crippen LogP contribution >= 0.6 is 0 Å². The molecule has 1 aliphatic rings. The summed E-state index contributed by atoms with van der Waals surface area (Å²) in [5, 5.41) is 2.76. The number of carbonyl (C=O) groups excluding carboxylic acids is 1. The van der Waals surface area contributed by atoms with Crippen molar-refractivity contribution in [1.29, 1.82) is 0 Å². The zero-order valence-corrected chi connectivity index (χ0v) is 10.0. The third-order valence-electron chi connectivity index (χ3n) is 2.91. The molecule has 0 aliphatic heterocycles. The number of nitrogen functional groups attached to an aromatic ring is 1. The number of hydrogen-bond donors (Lipinski definition) is 2. The van der Waals surface area contributed by atoms with Gasteiger partial charge in [-0.25, -0.2) is 0 Å². The Kier molecular flexibility index (Phi) is 3.52. The molecule has 1 fully saturated rings. The molecule has 0 atom stereocenters. The summed E-state index contributed by atoms with van der Waals surface area (Å²) in [6, 6.07) is 5.30. The van der Waals surface area contributed by atoms with E-state index >= 15 is 0 Å². The van der Waals surface area contributed by atoms with Crippen molar-refractivity contribution in [3.8, 4) is 5.75 Å². The largest absolute Gasteiger partial charge is 0.488 e. The van der Waals surface area contributed by atoms with E-state index in [-0.39, 0.29) is 12.0 Å². The van der Waals surface area contributed by atoms with Gasteiger partial charge in [-0.1, -0.05) is 0 Å². The molecule has 0 radical (unpaired) electrons. The molecule has 0 aromatic heterocycles. The summed E-state index contributed by atoms with van der Waals surface area (Å²) in [5.41, 5.74) is 7.08. The van der Waals surface area contributed by atoms with Crippen molar-refractivity contribution in [1.82, 2.24) is 0 Å². The van der Waals surface area contributed by atoms with Crippen molar-refractivity contribution in [2.24, 2.45) is 0 Å². The van der Waals surface area contributed by atoms with E-state index in [4.69, 9.17) is 10.5 Å². The Labute approximate surface area is 101 Å². The van der Waals surface area contributed by atoms with E-state index in [0.717, 1.165) is 12.8 Å². The first kappa shape index (κ1) is 11.8. The summed E-state index contributed by atoms with van der Waals surface area (Å²) in [6.07, 6.45) is 4.83. The van der Waals surface area contributed by atoms with Gasteiger partial charge in [0, 0.05) is 18.7 Å². The maximum absolute atomic E-state index is 11.1. The highest BCUT2D eigenvalue weighted by Crippen LogP contribution is 2.31. The van der Waals surface area contributed by atoms with Crippen LogP contribution in [-0.4, -0.2) is 12.0 Å². The zero-order valence-electron chi connectivity index (χ0n) is 10.0. The lowest BCUT2D eigenvalue weighted by molar-refractivity contribution is -0.114. The van der Waals surface area contributed by atoms with Crippen molar-refractivity contribution < 1.29 is 9.53 Å². The van der Waals surface area contributed by atoms with Gasteiger partial charge in [-0.15, -0.1) is 0 Å². The van der Waals surface area contributed by atoms with Gasteiger partial charge in [0.1, 0.15) is 5.75 Å². The van der Waals surface area contributed by atoms with Crippen LogP contribution in [0.25, 0.3) is 0 Å². The summed E-state index contributed by atoms with van der Waals surface area (Å²) in [7, 11) is 0. The fourth-order valence-electron chi connectivity index (χ4n) is 2.12. The second kappa shape index (κ2) is 5.08. The molecule has 0 heterocycles. The van der Waals surface area contributed by atoms with Gasteiger partial charge in [0.2, 0.25) is 5.91 Å². The third kappa shape index (κ3) is 3.12. The lowest BCUT2D eigenvalue weighted by Crippen LogP contribution is -2.14. The molecule has 92 valence electrons. The van der Waals surface area contributed by atoms with Crippen LogP contribution in [0.3, 0.4) is 0 Å². The number of nitrogens with one attached hydrogen (secondary N) is 1. The smallest absolute Gasteiger partial charge is 0.221 e. The van der Waals surface area contributed by atoms with E-state index in [2.05, 4.69) is 5.32 Å². The maximum Gasteiger partial charge on any atom is 0.221 e. The summed E-state index contributed by atoms with van der Waals surface area (Å²) in [6.45, 7) is 1.48. The molecule has 0 spiro atoms. The van der Waals surface area contributed by atoms with E-state index in [1.807, 2.05) is 0 Å². The fraction of sp³-hybridized carbons (Fsp3) is 0.462. The van der Waals surface area contributed by atoms with E-state index in [9.17, 15) is 4.79 Å². The average molecular weight is 234 g/mol. The minimum Gasteiger partial charge on any atom is -0.488 e. The molecule has 1 aromatic carbocycles. The van der Waals surface area contributed by atoms with E-state index in [0.29, 0.717) is 17.1 Å². The van der Waals surface area contributed by atoms with Crippen molar-refractivity contribution in [3.05, 3.63) is 18.2 Å². The highest BCUT2D eigenvalue weighted by Gasteiger charge is 2.18. The second-order valence-corrected chi connectivity index (χ2v) is 4.46. The molecule has 1 amide bonds. The summed E-state index contributed by atoms with van der Waals surface area (Å²) >= 11 is 0. The number of hydrogen-bond acceptors (Lipinski definition) is 3. The van der Waals surface area contributed by atoms with Crippen LogP contribution in [0.15, 0.2) is 18.2 Å². The number of amides is 1. The van der Waals surface area contributed by atoms with Crippen LogP contribution in [0.2, 0.25) is 0 Å². The second-order valence-electron chi connectivity index (χ2n) is 4.46. The number of ether oxygens (including phenoxy) is 1. The first-order valence-corrected chi connectivity index (χ1v) is 5.99. The highest BCUT2D eigenvalue weighted by atomic mass is 16.5. The van der Waals surface area contributed by atoms with Gasteiger partial charge in [-0.3, -0.25) is 4.79 Å². The Morgan fingerprint density at radius 1 is 1.41 bits per heavy atom. The van der Waals surface area contributed by atoms with Crippen LogP contribution in [0, 0.1) is 0 Å². The van der Waals surface area contributed by atoms with Gasteiger partial charge >= 0.3 is 0 Å². The molecule has 4 nitrogen and oxygen atoms in total. The van der Waals surface area contributed by atoms with E-state index in [1.54, 1.807) is 18.2 Å².